The summed E-state index contributed by atoms with van der Waals surface area (Å²) in [4.78, 5) is 13.4. The van der Waals surface area contributed by atoms with Crippen molar-refractivity contribution < 1.29 is 9.53 Å². The van der Waals surface area contributed by atoms with Crippen LogP contribution in [0.5, 0.6) is 0 Å². The fourth-order valence-electron chi connectivity index (χ4n) is 2.08. The van der Waals surface area contributed by atoms with E-state index in [0.717, 1.165) is 32.6 Å². The number of hydrazine groups is 1. The van der Waals surface area contributed by atoms with Gasteiger partial charge in [0.05, 0.1) is 13.0 Å². The Morgan fingerprint density at radius 1 is 1.29 bits per heavy atom. The normalized spacial score (nSPS) is 31.5. The van der Waals surface area contributed by atoms with Crippen molar-refractivity contribution in [3.8, 4) is 0 Å². The highest BCUT2D eigenvalue weighted by Gasteiger charge is 2.28. The zero-order chi connectivity index (χ0) is 9.97. The van der Waals surface area contributed by atoms with Gasteiger partial charge in [-0.25, -0.2) is 5.01 Å². The Morgan fingerprint density at radius 2 is 2.00 bits per heavy atom. The van der Waals surface area contributed by atoms with Gasteiger partial charge >= 0.3 is 5.97 Å². The molecule has 0 spiro atoms. The molecule has 0 saturated carbocycles. The molecule has 14 heavy (non-hydrogen) atoms. The molecule has 0 radical (unpaired) electrons. The summed E-state index contributed by atoms with van der Waals surface area (Å²) >= 11 is 0. The van der Waals surface area contributed by atoms with E-state index in [4.69, 9.17) is 10.6 Å². The monoisotopic (exact) mass is 199 g/mol. The van der Waals surface area contributed by atoms with Crippen LogP contribution in [0.15, 0.2) is 0 Å². The Hall–Kier alpha value is -0.650. The first-order valence-electron chi connectivity index (χ1n) is 5.15. The lowest BCUT2D eigenvalue weighted by Crippen LogP contribution is -2.53. The molecular formula is C9H17N3O2. The van der Waals surface area contributed by atoms with Gasteiger partial charge in [-0.15, -0.1) is 0 Å². The predicted molar refractivity (Wildman–Crippen MR) is 51.3 cm³/mol. The molecule has 2 heterocycles. The number of carbonyl (C=O) groups is 1. The van der Waals surface area contributed by atoms with Gasteiger partial charge in [0.2, 0.25) is 0 Å². The minimum absolute atomic E-state index is 0.0589. The van der Waals surface area contributed by atoms with Crippen molar-refractivity contribution in [3.05, 3.63) is 0 Å². The van der Waals surface area contributed by atoms with E-state index in [0.29, 0.717) is 19.1 Å². The van der Waals surface area contributed by atoms with E-state index in [1.54, 1.807) is 0 Å². The maximum absolute atomic E-state index is 11.1. The van der Waals surface area contributed by atoms with Crippen LogP contribution >= 0.6 is 0 Å². The topological polar surface area (TPSA) is 58.8 Å². The minimum Gasteiger partial charge on any atom is -0.466 e. The molecule has 5 heteroatoms. The molecule has 0 aromatic rings. The van der Waals surface area contributed by atoms with Gasteiger partial charge in [0.25, 0.3) is 0 Å². The van der Waals surface area contributed by atoms with Gasteiger partial charge in [-0.3, -0.25) is 15.5 Å². The number of hydrogen-bond acceptors (Lipinski definition) is 5. The molecule has 5 nitrogen and oxygen atoms in total. The van der Waals surface area contributed by atoms with Gasteiger partial charge in [0.15, 0.2) is 0 Å². The third-order valence-corrected chi connectivity index (χ3v) is 2.98. The fraction of sp³-hybridized carbons (Fsp3) is 0.889. The van der Waals surface area contributed by atoms with Crippen molar-refractivity contribution in [2.45, 2.75) is 18.9 Å². The van der Waals surface area contributed by atoms with Gasteiger partial charge in [-0.1, -0.05) is 0 Å². The first-order chi connectivity index (χ1) is 6.75. The van der Waals surface area contributed by atoms with E-state index in [-0.39, 0.29) is 5.97 Å². The van der Waals surface area contributed by atoms with Gasteiger partial charge in [0, 0.05) is 32.2 Å². The third-order valence-electron chi connectivity index (χ3n) is 2.98. The molecule has 2 fully saturated rings. The smallest absolute Gasteiger partial charge is 0.307 e. The Balaban J connectivity index is 1.85. The number of nitrogens with two attached hydrogens (primary N) is 1. The predicted octanol–water partition coefficient (Wildman–Crippen LogP) is -0.817. The molecule has 80 valence electrons. The van der Waals surface area contributed by atoms with Crippen LogP contribution in [0.2, 0.25) is 0 Å². The van der Waals surface area contributed by atoms with E-state index >= 15 is 0 Å². The lowest BCUT2D eigenvalue weighted by Gasteiger charge is -2.38. The van der Waals surface area contributed by atoms with Crippen LogP contribution in [0.4, 0.5) is 0 Å². The molecule has 1 unspecified atom stereocenters. The molecule has 2 aliphatic rings. The molecular weight excluding hydrogens is 182 g/mol. The summed E-state index contributed by atoms with van der Waals surface area (Å²) < 4.78 is 4.92. The van der Waals surface area contributed by atoms with E-state index in [9.17, 15) is 4.79 Å². The molecule has 0 amide bonds. The molecule has 0 bridgehead atoms. The van der Waals surface area contributed by atoms with Crippen molar-refractivity contribution in [1.82, 2.24) is 9.91 Å². The van der Waals surface area contributed by atoms with Crippen LogP contribution in [0.1, 0.15) is 12.8 Å². The van der Waals surface area contributed by atoms with Crippen LogP contribution in [0.3, 0.4) is 0 Å². The summed E-state index contributed by atoms with van der Waals surface area (Å²) in [5.41, 5.74) is 0. The summed E-state index contributed by atoms with van der Waals surface area (Å²) in [5, 5.41) is 1.83. The standard InChI is InChI=1S/C9H17N3O2/c10-12-4-2-11(3-5-12)8-1-6-14-9(13)7-8/h8H,1-7,10H2. The van der Waals surface area contributed by atoms with Crippen molar-refractivity contribution in [1.29, 1.82) is 0 Å². The Labute approximate surface area is 83.8 Å². The van der Waals surface area contributed by atoms with Crippen LogP contribution < -0.4 is 5.84 Å². The minimum atomic E-state index is -0.0589. The molecule has 2 aliphatic heterocycles. The van der Waals surface area contributed by atoms with E-state index < -0.39 is 0 Å². The Morgan fingerprint density at radius 3 is 2.64 bits per heavy atom. The summed E-state index contributed by atoms with van der Waals surface area (Å²) in [7, 11) is 0. The lowest BCUT2D eigenvalue weighted by molar-refractivity contribution is -0.150. The van der Waals surface area contributed by atoms with Gasteiger partial charge in [-0.05, 0) is 6.42 Å². The maximum Gasteiger partial charge on any atom is 0.307 e. The number of piperazine rings is 1. The second-order valence-corrected chi connectivity index (χ2v) is 3.94. The van der Waals surface area contributed by atoms with Crippen LogP contribution in [0, 0.1) is 0 Å². The molecule has 2 N–H and O–H groups in total. The van der Waals surface area contributed by atoms with Gasteiger partial charge < -0.3 is 4.74 Å². The van der Waals surface area contributed by atoms with Crippen LogP contribution in [0.25, 0.3) is 0 Å². The average Bonchev–Trinajstić information content (AvgIpc) is 2.19. The highest BCUT2D eigenvalue weighted by Crippen LogP contribution is 2.16. The number of rotatable bonds is 1. The summed E-state index contributed by atoms with van der Waals surface area (Å²) in [6.07, 6.45) is 1.51. The van der Waals surface area contributed by atoms with E-state index in [1.165, 1.54) is 0 Å². The number of carbonyl (C=O) groups excluding carboxylic acids is 1. The third kappa shape index (κ3) is 2.23. The van der Waals surface area contributed by atoms with Gasteiger partial charge in [0.1, 0.15) is 0 Å². The Bertz CT molecular complexity index is 214. The summed E-state index contributed by atoms with van der Waals surface area (Å²) in [5.74, 6) is 5.61. The van der Waals surface area contributed by atoms with E-state index in [1.807, 2.05) is 5.01 Å². The van der Waals surface area contributed by atoms with Crippen molar-refractivity contribution in [2.24, 2.45) is 5.84 Å². The number of cyclic esters (lactones) is 1. The second kappa shape index (κ2) is 4.25. The molecule has 0 aliphatic carbocycles. The van der Waals surface area contributed by atoms with Gasteiger partial charge in [-0.2, -0.15) is 0 Å². The first-order valence-corrected chi connectivity index (χ1v) is 5.15. The SMILES string of the molecule is NN1CCN(C2CCOC(=O)C2)CC1. The lowest BCUT2D eigenvalue weighted by atomic mass is 10.1. The zero-order valence-electron chi connectivity index (χ0n) is 8.32. The highest BCUT2D eigenvalue weighted by atomic mass is 16.5. The largest absolute Gasteiger partial charge is 0.466 e. The molecule has 0 aromatic carbocycles. The number of esters is 1. The fourth-order valence-corrected chi connectivity index (χ4v) is 2.08. The summed E-state index contributed by atoms with van der Waals surface area (Å²) in [6, 6.07) is 0.380. The van der Waals surface area contributed by atoms with Crippen LogP contribution in [-0.4, -0.2) is 54.7 Å². The molecule has 2 rings (SSSR count). The highest BCUT2D eigenvalue weighted by molar-refractivity contribution is 5.70. The maximum atomic E-state index is 11.1. The first kappa shape index (κ1) is 9.89. The number of hydrogen-bond donors (Lipinski definition) is 1. The van der Waals surface area contributed by atoms with Crippen molar-refractivity contribution >= 4 is 5.97 Å². The van der Waals surface area contributed by atoms with Crippen LogP contribution in [-0.2, 0) is 9.53 Å². The Kier molecular flexibility index (Phi) is 3.00. The molecule has 2 saturated heterocycles. The van der Waals surface area contributed by atoms with Crippen molar-refractivity contribution in [2.75, 3.05) is 32.8 Å². The average molecular weight is 199 g/mol. The molecule has 1 atom stereocenters. The summed E-state index contributed by atoms with van der Waals surface area (Å²) in [6.45, 7) is 4.30. The second-order valence-electron chi connectivity index (χ2n) is 3.94. The zero-order valence-corrected chi connectivity index (χ0v) is 8.32. The molecule has 0 aromatic heterocycles. The van der Waals surface area contributed by atoms with E-state index in [2.05, 4.69) is 4.90 Å². The van der Waals surface area contributed by atoms with Crippen molar-refractivity contribution in [3.63, 3.8) is 0 Å². The number of ether oxygens (including phenoxy) is 1. The number of nitrogens with zero attached hydrogens (tertiary/aromatic N) is 2. The quantitative estimate of drug-likeness (QED) is 0.442.